The van der Waals surface area contributed by atoms with Gasteiger partial charge in [-0.15, -0.1) is 0 Å². The largest absolute Gasteiger partial charge is 0.496 e. The highest BCUT2D eigenvalue weighted by Crippen LogP contribution is 2.30. The lowest BCUT2D eigenvalue weighted by Crippen LogP contribution is -2.29. The van der Waals surface area contributed by atoms with Gasteiger partial charge in [-0.3, -0.25) is 5.84 Å². The summed E-state index contributed by atoms with van der Waals surface area (Å²) >= 11 is 0. The van der Waals surface area contributed by atoms with Crippen LogP contribution in [0.5, 0.6) is 5.75 Å². The molecule has 0 aliphatic carbocycles. The molecule has 2 aromatic rings. The molecule has 3 nitrogen and oxygen atoms in total. The number of nitrogens with one attached hydrogen (secondary N) is 1. The SMILES string of the molecule is COc1ccc(C)cc1C(NN)c1ccc(F)cc1. The van der Waals surface area contributed by atoms with Gasteiger partial charge in [-0.2, -0.15) is 0 Å². The zero-order valence-corrected chi connectivity index (χ0v) is 11.0. The molecular formula is C15H17FN2O. The van der Waals surface area contributed by atoms with Crippen molar-refractivity contribution in [2.45, 2.75) is 13.0 Å². The van der Waals surface area contributed by atoms with E-state index in [1.165, 1.54) is 12.1 Å². The summed E-state index contributed by atoms with van der Waals surface area (Å²) in [6.45, 7) is 2.00. The van der Waals surface area contributed by atoms with Crippen molar-refractivity contribution in [3.05, 3.63) is 65.0 Å². The molecule has 100 valence electrons. The predicted molar refractivity (Wildman–Crippen MR) is 73.3 cm³/mol. The number of aryl methyl sites for hydroxylation is 1. The molecule has 2 rings (SSSR count). The number of benzene rings is 2. The fourth-order valence-corrected chi connectivity index (χ4v) is 2.10. The minimum absolute atomic E-state index is 0.240. The Morgan fingerprint density at radius 2 is 1.84 bits per heavy atom. The molecule has 0 spiro atoms. The lowest BCUT2D eigenvalue weighted by molar-refractivity contribution is 0.404. The van der Waals surface area contributed by atoms with E-state index in [1.54, 1.807) is 19.2 Å². The van der Waals surface area contributed by atoms with Gasteiger partial charge in [-0.05, 0) is 30.7 Å². The number of hydrazine groups is 1. The van der Waals surface area contributed by atoms with Gasteiger partial charge < -0.3 is 4.74 Å². The molecule has 3 N–H and O–H groups in total. The van der Waals surface area contributed by atoms with Crippen molar-refractivity contribution in [2.24, 2.45) is 5.84 Å². The van der Waals surface area contributed by atoms with Crippen molar-refractivity contribution in [2.75, 3.05) is 7.11 Å². The zero-order valence-electron chi connectivity index (χ0n) is 11.0. The molecule has 0 bridgehead atoms. The van der Waals surface area contributed by atoms with Crippen LogP contribution in [0.4, 0.5) is 4.39 Å². The van der Waals surface area contributed by atoms with Crippen LogP contribution in [0.2, 0.25) is 0 Å². The van der Waals surface area contributed by atoms with Crippen LogP contribution >= 0.6 is 0 Å². The van der Waals surface area contributed by atoms with Crippen LogP contribution < -0.4 is 16.0 Å². The van der Waals surface area contributed by atoms with Crippen molar-refractivity contribution in [1.82, 2.24) is 5.43 Å². The lowest BCUT2D eigenvalue weighted by atomic mass is 9.97. The van der Waals surface area contributed by atoms with E-state index in [1.807, 2.05) is 25.1 Å². The van der Waals surface area contributed by atoms with Gasteiger partial charge in [0.1, 0.15) is 11.6 Å². The molecule has 0 aliphatic rings. The molecule has 0 heterocycles. The second kappa shape index (κ2) is 5.82. The Labute approximate surface area is 112 Å². The average molecular weight is 260 g/mol. The maximum atomic E-state index is 13.0. The molecule has 0 aromatic heterocycles. The minimum Gasteiger partial charge on any atom is -0.496 e. The van der Waals surface area contributed by atoms with E-state index in [0.29, 0.717) is 0 Å². The highest BCUT2D eigenvalue weighted by molar-refractivity contribution is 5.43. The van der Waals surface area contributed by atoms with E-state index >= 15 is 0 Å². The van der Waals surface area contributed by atoms with Crippen molar-refractivity contribution in [1.29, 1.82) is 0 Å². The van der Waals surface area contributed by atoms with Crippen molar-refractivity contribution < 1.29 is 9.13 Å². The molecule has 1 atom stereocenters. The highest BCUT2D eigenvalue weighted by Gasteiger charge is 2.17. The van der Waals surface area contributed by atoms with Gasteiger partial charge in [0.15, 0.2) is 0 Å². The Hall–Kier alpha value is -1.91. The molecule has 0 aliphatic heterocycles. The number of ether oxygens (including phenoxy) is 1. The predicted octanol–water partition coefficient (Wildman–Crippen LogP) is 2.70. The lowest BCUT2D eigenvalue weighted by Gasteiger charge is -2.20. The summed E-state index contributed by atoms with van der Waals surface area (Å²) in [5.41, 5.74) is 5.67. The monoisotopic (exact) mass is 260 g/mol. The number of methoxy groups -OCH3 is 1. The molecule has 0 amide bonds. The topological polar surface area (TPSA) is 47.3 Å². The van der Waals surface area contributed by atoms with Crippen molar-refractivity contribution >= 4 is 0 Å². The summed E-state index contributed by atoms with van der Waals surface area (Å²) in [5, 5.41) is 0. The Balaban J connectivity index is 2.47. The van der Waals surface area contributed by atoms with Crippen LogP contribution in [0.15, 0.2) is 42.5 Å². The maximum absolute atomic E-state index is 13.0. The second-order valence-corrected chi connectivity index (χ2v) is 4.40. The normalized spacial score (nSPS) is 12.2. The molecular weight excluding hydrogens is 243 g/mol. The fourth-order valence-electron chi connectivity index (χ4n) is 2.10. The molecule has 0 saturated heterocycles. The van der Waals surface area contributed by atoms with Gasteiger partial charge in [0.2, 0.25) is 0 Å². The van der Waals surface area contributed by atoms with Gasteiger partial charge in [0, 0.05) is 5.56 Å². The highest BCUT2D eigenvalue weighted by atomic mass is 19.1. The van der Waals surface area contributed by atoms with Crippen LogP contribution in [0.25, 0.3) is 0 Å². The minimum atomic E-state index is -0.268. The van der Waals surface area contributed by atoms with Crippen LogP contribution in [-0.4, -0.2) is 7.11 Å². The third-order valence-electron chi connectivity index (χ3n) is 3.07. The molecule has 2 aromatic carbocycles. The van der Waals surface area contributed by atoms with Gasteiger partial charge in [-0.1, -0.05) is 29.8 Å². The summed E-state index contributed by atoms with van der Waals surface area (Å²) in [6.07, 6.45) is 0. The van der Waals surface area contributed by atoms with E-state index in [-0.39, 0.29) is 11.9 Å². The molecule has 1 unspecified atom stereocenters. The summed E-state index contributed by atoms with van der Waals surface area (Å²) in [5.74, 6) is 6.13. The third kappa shape index (κ3) is 2.92. The summed E-state index contributed by atoms with van der Waals surface area (Å²) in [7, 11) is 1.62. The standard InChI is InChI=1S/C15H17FN2O/c1-10-3-8-14(19-2)13(9-10)15(18-17)11-4-6-12(16)7-5-11/h3-9,15,18H,17H2,1-2H3. The number of hydrogen-bond donors (Lipinski definition) is 2. The van der Waals surface area contributed by atoms with Gasteiger partial charge in [0.25, 0.3) is 0 Å². The average Bonchev–Trinajstić information content (AvgIpc) is 2.42. The first kappa shape index (κ1) is 13.5. The summed E-state index contributed by atoms with van der Waals surface area (Å²) in [4.78, 5) is 0. The van der Waals surface area contributed by atoms with Gasteiger partial charge in [-0.25, -0.2) is 9.82 Å². The van der Waals surface area contributed by atoms with E-state index < -0.39 is 0 Å². The Morgan fingerprint density at radius 3 is 2.42 bits per heavy atom. The number of rotatable bonds is 4. The first-order valence-electron chi connectivity index (χ1n) is 6.02. The Bertz CT molecular complexity index is 555. The summed E-state index contributed by atoms with van der Waals surface area (Å²) < 4.78 is 18.3. The first-order chi connectivity index (χ1) is 9.15. The smallest absolute Gasteiger partial charge is 0.124 e. The molecule has 19 heavy (non-hydrogen) atoms. The molecule has 0 radical (unpaired) electrons. The third-order valence-corrected chi connectivity index (χ3v) is 3.07. The Kier molecular flexibility index (Phi) is 4.14. The second-order valence-electron chi connectivity index (χ2n) is 4.40. The molecule has 4 heteroatoms. The van der Waals surface area contributed by atoms with Crippen molar-refractivity contribution in [3.63, 3.8) is 0 Å². The van der Waals surface area contributed by atoms with E-state index in [9.17, 15) is 4.39 Å². The molecule has 0 saturated carbocycles. The van der Waals surface area contributed by atoms with E-state index in [4.69, 9.17) is 10.6 Å². The fraction of sp³-hybridized carbons (Fsp3) is 0.200. The van der Waals surface area contributed by atoms with E-state index in [2.05, 4.69) is 5.43 Å². The molecule has 0 fully saturated rings. The number of halogens is 1. The van der Waals surface area contributed by atoms with Gasteiger partial charge >= 0.3 is 0 Å². The summed E-state index contributed by atoms with van der Waals surface area (Å²) in [6, 6.07) is 11.9. The number of hydrogen-bond acceptors (Lipinski definition) is 3. The maximum Gasteiger partial charge on any atom is 0.124 e. The quantitative estimate of drug-likeness (QED) is 0.656. The van der Waals surface area contributed by atoms with Crippen LogP contribution in [0.3, 0.4) is 0 Å². The Morgan fingerprint density at radius 1 is 1.16 bits per heavy atom. The van der Waals surface area contributed by atoms with Crippen LogP contribution in [0.1, 0.15) is 22.7 Å². The van der Waals surface area contributed by atoms with Gasteiger partial charge in [0.05, 0.1) is 13.2 Å². The van der Waals surface area contributed by atoms with E-state index in [0.717, 1.165) is 22.4 Å². The van der Waals surface area contributed by atoms with Crippen LogP contribution in [-0.2, 0) is 0 Å². The van der Waals surface area contributed by atoms with Crippen LogP contribution in [0, 0.1) is 12.7 Å². The number of nitrogens with two attached hydrogens (primary N) is 1. The van der Waals surface area contributed by atoms with Crippen molar-refractivity contribution in [3.8, 4) is 5.75 Å². The first-order valence-corrected chi connectivity index (χ1v) is 6.02. The zero-order chi connectivity index (χ0) is 13.8.